The van der Waals surface area contributed by atoms with Crippen LogP contribution in [0.4, 0.5) is 0 Å². The second kappa shape index (κ2) is 18.8. The maximum Gasteiger partial charge on any atom is 0.338 e. The van der Waals surface area contributed by atoms with Gasteiger partial charge in [0.05, 0.1) is 23.1 Å². The van der Waals surface area contributed by atoms with E-state index < -0.39 is 23.9 Å². The summed E-state index contributed by atoms with van der Waals surface area (Å²) in [5.41, 5.74) is 3.53. The molecule has 14 nitrogen and oxygen atoms in total. The van der Waals surface area contributed by atoms with E-state index in [9.17, 15) is 29.4 Å². The van der Waals surface area contributed by atoms with Gasteiger partial charge in [-0.05, 0) is 152 Å². The van der Waals surface area contributed by atoms with Gasteiger partial charge in [0.25, 0.3) is 0 Å². The van der Waals surface area contributed by atoms with E-state index in [2.05, 4.69) is 158 Å². The van der Waals surface area contributed by atoms with Crippen LogP contribution in [0.5, 0.6) is 0 Å². The highest BCUT2D eigenvalue weighted by Gasteiger charge is 2.26. The van der Waals surface area contributed by atoms with Gasteiger partial charge in [0.1, 0.15) is 0 Å². The summed E-state index contributed by atoms with van der Waals surface area (Å²) in [5, 5.41) is 58.6. The molecule has 0 spiro atoms. The summed E-state index contributed by atoms with van der Waals surface area (Å²) < 4.78 is 0.979. The SMILES string of the molecule is O=C(O)c1c(Br)c(Br)c(C(=O)O)c(Br)c1Br.O=C([O-])c1c(Br)c(Br)c(C(=O)[O-])c(Br)c1Br.c1ccc2[nH+][nH]nc2c1.c1ccc2[nH+][nH]nc2c1. The summed E-state index contributed by atoms with van der Waals surface area (Å²) >= 11 is 24.1. The van der Waals surface area contributed by atoms with E-state index in [4.69, 9.17) is 10.2 Å². The molecule has 0 aliphatic rings. The lowest BCUT2D eigenvalue weighted by atomic mass is 10.1. The van der Waals surface area contributed by atoms with Crippen molar-refractivity contribution < 1.29 is 49.8 Å². The lowest BCUT2D eigenvalue weighted by Gasteiger charge is -2.17. The lowest BCUT2D eigenvalue weighted by Crippen LogP contribution is -2.27. The number of carbonyl (C=O) groups excluding carboxylic acids is 2. The Hall–Kier alpha value is -2.60. The number of carboxylic acid groups (broad SMARTS) is 4. The van der Waals surface area contributed by atoms with Crippen LogP contribution in [0.1, 0.15) is 41.4 Å². The van der Waals surface area contributed by atoms with Crippen molar-refractivity contribution in [1.82, 2.24) is 20.6 Å². The summed E-state index contributed by atoms with van der Waals surface area (Å²) in [6.45, 7) is 0. The number of halogens is 8. The van der Waals surface area contributed by atoms with Crippen molar-refractivity contribution in [2.45, 2.75) is 0 Å². The Morgan fingerprint density at radius 3 is 1.00 bits per heavy atom. The highest BCUT2D eigenvalue weighted by Crippen LogP contribution is 2.42. The molecule has 260 valence electrons. The molecule has 22 heteroatoms. The van der Waals surface area contributed by atoms with E-state index in [1.165, 1.54) is 0 Å². The van der Waals surface area contributed by atoms with Gasteiger partial charge in [-0.3, -0.25) is 0 Å². The molecule has 6 N–H and O–H groups in total. The lowest BCUT2D eigenvalue weighted by molar-refractivity contribution is -0.427. The number of aromatic carboxylic acids is 4. The van der Waals surface area contributed by atoms with Crippen LogP contribution in [-0.2, 0) is 0 Å². The average molecular weight is 1200 g/mol. The molecule has 2 heterocycles. The Bertz CT molecular complexity index is 1900. The van der Waals surface area contributed by atoms with Gasteiger partial charge in [0, 0.05) is 57.1 Å². The molecular weight excluding hydrogens is 1190 g/mol. The van der Waals surface area contributed by atoms with Gasteiger partial charge in [-0.15, -0.1) is 0 Å². The van der Waals surface area contributed by atoms with Gasteiger partial charge < -0.3 is 30.0 Å². The monoisotopic (exact) mass is 1190 g/mol. The predicted molar refractivity (Wildman–Crippen MR) is 202 cm³/mol. The molecule has 0 atom stereocenters. The van der Waals surface area contributed by atoms with Gasteiger partial charge in [-0.25, -0.2) is 9.59 Å². The minimum atomic E-state index is -1.44. The minimum absolute atomic E-state index is 0.0521. The molecule has 0 saturated carbocycles. The number of hydrogen-bond acceptors (Lipinski definition) is 8. The third-order valence-electron chi connectivity index (χ3n) is 5.90. The molecule has 0 fully saturated rings. The third-order valence-corrected chi connectivity index (χ3v) is 14.4. The van der Waals surface area contributed by atoms with Crippen LogP contribution < -0.4 is 20.4 Å². The van der Waals surface area contributed by atoms with Crippen LogP contribution in [-0.4, -0.2) is 54.7 Å². The summed E-state index contributed by atoms with van der Waals surface area (Å²) in [6.07, 6.45) is 0. The molecule has 0 saturated heterocycles. The number of para-hydroxylation sites is 4. The van der Waals surface area contributed by atoms with Crippen LogP contribution in [0.15, 0.2) is 84.3 Å². The van der Waals surface area contributed by atoms with Crippen molar-refractivity contribution in [3.63, 3.8) is 0 Å². The fraction of sp³-hybridized carbons (Fsp3) is 0. The molecule has 0 radical (unpaired) electrons. The Kier molecular flexibility index (Phi) is 15.7. The molecule has 2 aromatic heterocycles. The predicted octanol–water partition coefficient (Wildman–Crippen LogP) is 6.35. The number of nitrogens with zero attached hydrogens (tertiary/aromatic N) is 2. The standard InChI is InChI=1S/2C8H2Br4O4.2C6H5N3/c2*9-3-1(7(13)14)4(10)6(12)2(5(3)11)8(15)16;2*1-2-4-6-5(3-1)7-9-8-6/h2*(H,13,14)(H,15,16);2*1-4H,(H,7,8,9). The van der Waals surface area contributed by atoms with Gasteiger partial charge in [-0.1, -0.05) is 34.7 Å². The summed E-state index contributed by atoms with van der Waals surface area (Å²) in [4.78, 5) is 43.7. The highest BCUT2D eigenvalue weighted by molar-refractivity contribution is 9.14. The van der Waals surface area contributed by atoms with Gasteiger partial charge >= 0.3 is 11.9 Å². The molecule has 0 aliphatic heterocycles. The molecule has 0 aliphatic carbocycles. The van der Waals surface area contributed by atoms with E-state index in [1.54, 1.807) is 0 Å². The van der Waals surface area contributed by atoms with Crippen molar-refractivity contribution in [1.29, 1.82) is 0 Å². The number of benzene rings is 4. The van der Waals surface area contributed by atoms with Crippen LogP contribution in [0, 0.1) is 0 Å². The highest BCUT2D eigenvalue weighted by atomic mass is 79.9. The topological polar surface area (TPSA) is 240 Å². The number of hydrogen-bond donors (Lipinski definition) is 4. The van der Waals surface area contributed by atoms with E-state index in [0.717, 1.165) is 22.1 Å². The Morgan fingerprint density at radius 2 is 0.760 bits per heavy atom. The number of fused-ring (bicyclic) bond motifs is 2. The molecule has 4 aromatic carbocycles. The average Bonchev–Trinajstić information content (AvgIpc) is 3.74. The molecule has 0 unspecified atom stereocenters. The van der Waals surface area contributed by atoms with Gasteiger partial charge in [0.2, 0.25) is 11.0 Å². The first-order chi connectivity index (χ1) is 23.5. The number of aromatic nitrogens is 6. The smallest absolute Gasteiger partial charge is 0.338 e. The molecule has 6 rings (SSSR count). The fourth-order valence-electron chi connectivity index (χ4n) is 3.65. The number of rotatable bonds is 4. The Labute approximate surface area is 346 Å². The van der Waals surface area contributed by atoms with Gasteiger partial charge in [0.15, 0.2) is 11.0 Å². The number of aromatic amines is 4. The molecule has 50 heavy (non-hydrogen) atoms. The maximum absolute atomic E-state index is 11.0. The first kappa shape index (κ1) is 41.8. The minimum Gasteiger partial charge on any atom is -0.545 e. The van der Waals surface area contributed by atoms with Crippen LogP contribution in [0.3, 0.4) is 0 Å². The van der Waals surface area contributed by atoms with Crippen molar-refractivity contribution >= 4 is 173 Å². The normalized spacial score (nSPS) is 10.2. The zero-order chi connectivity index (χ0) is 37.4. The number of carboxylic acids is 4. The number of H-pyrrole nitrogens is 4. The Balaban J connectivity index is 0.000000186. The van der Waals surface area contributed by atoms with Crippen molar-refractivity contribution in [3.05, 3.63) is 107 Å². The number of carbonyl (C=O) groups is 4. The second-order valence-corrected chi connectivity index (χ2v) is 15.3. The Morgan fingerprint density at radius 1 is 0.500 bits per heavy atom. The van der Waals surface area contributed by atoms with E-state index >= 15 is 0 Å². The fourth-order valence-corrected chi connectivity index (χ4v) is 9.21. The molecule has 0 bridgehead atoms. The molecule has 6 aromatic rings. The largest absolute Gasteiger partial charge is 0.545 e. The first-order valence-electron chi connectivity index (χ1n) is 12.7. The molecular formula is C28H14Br8N6O8. The van der Waals surface area contributed by atoms with E-state index in [1.807, 2.05) is 48.5 Å². The maximum atomic E-state index is 11.0. The van der Waals surface area contributed by atoms with Gasteiger partial charge in [-0.2, -0.15) is 10.2 Å². The van der Waals surface area contributed by atoms with Crippen molar-refractivity contribution in [3.8, 4) is 0 Å². The second-order valence-electron chi connectivity index (χ2n) is 8.93. The zero-order valence-corrected chi connectivity index (χ0v) is 36.6. The first-order valence-corrected chi connectivity index (χ1v) is 19.1. The summed E-state index contributed by atoms with van der Waals surface area (Å²) in [5.74, 6) is -5.22. The zero-order valence-electron chi connectivity index (χ0n) is 23.9. The summed E-state index contributed by atoms with van der Waals surface area (Å²) in [7, 11) is 0. The quantitative estimate of drug-likeness (QED) is 0.143. The van der Waals surface area contributed by atoms with E-state index in [0.29, 0.717) is 0 Å². The third kappa shape index (κ3) is 9.83. The van der Waals surface area contributed by atoms with Crippen molar-refractivity contribution in [2.75, 3.05) is 0 Å². The van der Waals surface area contributed by atoms with Crippen LogP contribution in [0.25, 0.3) is 22.1 Å². The van der Waals surface area contributed by atoms with Crippen LogP contribution in [0.2, 0.25) is 0 Å². The van der Waals surface area contributed by atoms with E-state index in [-0.39, 0.29) is 58.0 Å². The number of nitrogens with one attached hydrogen (secondary N) is 4. The summed E-state index contributed by atoms with van der Waals surface area (Å²) in [6, 6.07) is 15.7. The van der Waals surface area contributed by atoms with Crippen LogP contribution >= 0.6 is 127 Å². The van der Waals surface area contributed by atoms with Crippen molar-refractivity contribution in [2.24, 2.45) is 0 Å². The molecule has 0 amide bonds.